The summed E-state index contributed by atoms with van der Waals surface area (Å²) in [5.74, 6) is -0.597. The fraction of sp³-hybridized carbons (Fsp3) is 0.100. The van der Waals surface area contributed by atoms with Crippen LogP contribution in [0.4, 0.5) is 0 Å². The van der Waals surface area contributed by atoms with Gasteiger partial charge in [0.1, 0.15) is 10.1 Å². The summed E-state index contributed by atoms with van der Waals surface area (Å²) < 4.78 is 33.2. The van der Waals surface area contributed by atoms with E-state index in [-0.39, 0.29) is 30.1 Å². The van der Waals surface area contributed by atoms with Crippen LogP contribution in [0, 0.1) is 0 Å². The molecule has 0 bridgehead atoms. The van der Waals surface area contributed by atoms with Gasteiger partial charge in [0.25, 0.3) is 5.91 Å². The molecule has 2 aromatic rings. The van der Waals surface area contributed by atoms with Gasteiger partial charge in [0.2, 0.25) is 0 Å². The molecule has 0 saturated carbocycles. The molecule has 1 heterocycles. The first-order valence-electron chi connectivity index (χ1n) is 7.90. The quantitative estimate of drug-likeness (QED) is 0.774. The summed E-state index contributed by atoms with van der Waals surface area (Å²) in [5.41, 5.74) is 2.73. The topological polar surface area (TPSA) is 103 Å². The number of hydrogen-bond donors (Lipinski definition) is 1. The lowest BCUT2D eigenvalue weighted by Crippen LogP contribution is -2.16. The van der Waals surface area contributed by atoms with E-state index >= 15 is 0 Å². The average molecular weight is 417 g/mol. The summed E-state index contributed by atoms with van der Waals surface area (Å²) in [7, 11) is -4.56. The number of allylic oxidation sites excluding steroid dienone is 1. The number of rotatable bonds is 3. The maximum absolute atomic E-state index is 12.6. The molecule has 0 saturated heterocycles. The van der Waals surface area contributed by atoms with Crippen molar-refractivity contribution in [1.29, 1.82) is 0 Å². The second kappa shape index (κ2) is 7.01. The molecular weight excluding hydrogens is 402 g/mol. The highest BCUT2D eigenvalue weighted by atomic mass is 35.5. The van der Waals surface area contributed by atoms with Crippen molar-refractivity contribution in [3.8, 4) is 0 Å². The Hall–Kier alpha value is -2.74. The average Bonchev–Trinajstić information content (AvgIpc) is 3.14. The largest absolute Gasteiger partial charge is 0.744 e. The summed E-state index contributed by atoms with van der Waals surface area (Å²) in [4.78, 5) is 24.8. The summed E-state index contributed by atoms with van der Waals surface area (Å²) in [6.45, 7) is 0. The Bertz CT molecular complexity index is 1160. The number of fused-ring (bicyclic) bond motifs is 1. The maximum Gasteiger partial charge on any atom is 0.256 e. The van der Waals surface area contributed by atoms with Gasteiger partial charge in [0.15, 0.2) is 5.78 Å². The summed E-state index contributed by atoms with van der Waals surface area (Å²) in [5, 5.41) is 3.27. The molecule has 0 aromatic heterocycles. The smallest absolute Gasteiger partial charge is 0.256 e. The number of nitrogens with one attached hydrogen (secondary N) is 1. The molecule has 1 aliphatic carbocycles. The van der Waals surface area contributed by atoms with E-state index in [2.05, 4.69) is 5.32 Å². The molecule has 1 amide bonds. The molecule has 28 heavy (non-hydrogen) atoms. The van der Waals surface area contributed by atoms with Crippen molar-refractivity contribution in [2.75, 3.05) is 0 Å². The molecule has 1 aliphatic heterocycles. The molecule has 2 aromatic carbocycles. The first-order chi connectivity index (χ1) is 12.8. The molecule has 2 aliphatic rings. The first-order valence-corrected chi connectivity index (χ1v) is 9.69. The van der Waals surface area contributed by atoms with Crippen LogP contribution in [0.3, 0.4) is 0 Å². The highest BCUT2D eigenvalue weighted by Gasteiger charge is 2.40. The number of benzene rings is 2. The van der Waals surface area contributed by atoms with Gasteiger partial charge < -0.3 is 9.87 Å². The van der Waals surface area contributed by atoms with Crippen molar-refractivity contribution >= 4 is 44.7 Å². The lowest BCUT2D eigenvalue weighted by Gasteiger charge is -2.09. The predicted molar refractivity (Wildman–Crippen MR) is 104 cm³/mol. The highest BCUT2D eigenvalue weighted by molar-refractivity contribution is 7.85. The zero-order chi connectivity index (χ0) is 19.3. The van der Waals surface area contributed by atoms with Gasteiger partial charge in [0, 0.05) is 11.4 Å². The second-order valence-corrected chi connectivity index (χ2v) is 7.96. The molecule has 144 valence electrons. The van der Waals surface area contributed by atoms with Crippen molar-refractivity contribution in [3.63, 3.8) is 0 Å². The van der Waals surface area contributed by atoms with Gasteiger partial charge >= 0.3 is 0 Å². The molecule has 0 radical (unpaired) electrons. The highest BCUT2D eigenvalue weighted by Crippen LogP contribution is 2.42. The molecule has 0 unspecified atom stereocenters. The van der Waals surface area contributed by atoms with Gasteiger partial charge in [-0.3, -0.25) is 9.59 Å². The van der Waals surface area contributed by atoms with Crippen molar-refractivity contribution in [2.45, 2.75) is 18.7 Å². The van der Waals surface area contributed by atoms with E-state index in [0.717, 1.165) is 0 Å². The van der Waals surface area contributed by atoms with Crippen LogP contribution < -0.4 is 5.32 Å². The fourth-order valence-electron chi connectivity index (χ4n) is 3.28. The van der Waals surface area contributed by atoms with Crippen molar-refractivity contribution in [2.24, 2.45) is 0 Å². The van der Waals surface area contributed by atoms with Crippen molar-refractivity contribution in [1.82, 2.24) is 5.32 Å². The minimum absolute atomic E-state index is 0. The Kier molecular flexibility index (Phi) is 5.01. The number of ketones is 1. The van der Waals surface area contributed by atoms with Crippen LogP contribution in [0.1, 0.15) is 25.0 Å². The van der Waals surface area contributed by atoms with E-state index in [0.29, 0.717) is 33.0 Å². The number of carbonyl (C=O) groups excluding carboxylic acids is 2. The molecule has 8 heteroatoms. The van der Waals surface area contributed by atoms with E-state index < -0.39 is 16.0 Å². The Labute approximate surface area is 167 Å². The molecule has 4 rings (SSSR count). The van der Waals surface area contributed by atoms with E-state index in [1.165, 1.54) is 24.3 Å². The molecular formula is C20H15ClNO5S-. The van der Waals surface area contributed by atoms with Crippen LogP contribution in [0.15, 0.2) is 64.6 Å². The number of amides is 1. The first kappa shape index (κ1) is 20.0. The third-order valence-electron chi connectivity index (χ3n) is 4.51. The minimum Gasteiger partial charge on any atom is -0.744 e. The van der Waals surface area contributed by atoms with Gasteiger partial charge in [-0.2, -0.15) is 0 Å². The van der Waals surface area contributed by atoms with Crippen molar-refractivity contribution in [3.05, 3.63) is 75.8 Å². The van der Waals surface area contributed by atoms with Crippen LogP contribution in [0.2, 0.25) is 5.02 Å². The van der Waals surface area contributed by atoms with Crippen molar-refractivity contribution < 1.29 is 22.6 Å². The number of halogens is 1. The Morgan fingerprint density at radius 2 is 1.46 bits per heavy atom. The standard InChI is InChI=1S/C19H12ClNO5S.CH4/c20-12-5-1-11(2-6-12)18-17-15(22)9-14(16(17)19(23)21-18)10-3-7-13(8-4-10)27(24,25)26;/h1-8H,9H2,(H,21,23)(H,24,25,26);1H4/p-1. The van der Waals surface area contributed by atoms with Crippen LogP contribution in [-0.4, -0.2) is 24.7 Å². The molecule has 6 nitrogen and oxygen atoms in total. The van der Waals surface area contributed by atoms with Crippen LogP contribution >= 0.6 is 11.6 Å². The Balaban J connectivity index is 0.00000225. The summed E-state index contributed by atoms with van der Waals surface area (Å²) in [6, 6.07) is 12.0. The second-order valence-electron chi connectivity index (χ2n) is 6.14. The Morgan fingerprint density at radius 3 is 2.04 bits per heavy atom. The zero-order valence-electron chi connectivity index (χ0n) is 13.7. The monoisotopic (exact) mass is 416 g/mol. The van der Waals surface area contributed by atoms with Crippen LogP contribution in [0.25, 0.3) is 11.3 Å². The molecule has 0 spiro atoms. The summed E-state index contributed by atoms with van der Waals surface area (Å²) >= 11 is 5.89. The summed E-state index contributed by atoms with van der Waals surface area (Å²) in [6.07, 6.45) is 0.0264. The lowest BCUT2D eigenvalue weighted by atomic mass is 10.0. The zero-order valence-corrected chi connectivity index (χ0v) is 15.2. The van der Waals surface area contributed by atoms with Crippen LogP contribution in [-0.2, 0) is 19.7 Å². The van der Waals surface area contributed by atoms with Gasteiger partial charge in [-0.1, -0.05) is 43.3 Å². The van der Waals surface area contributed by atoms with Gasteiger partial charge in [0.05, 0.1) is 21.7 Å². The predicted octanol–water partition coefficient (Wildman–Crippen LogP) is 3.15. The van der Waals surface area contributed by atoms with E-state index in [1.807, 2.05) is 0 Å². The lowest BCUT2D eigenvalue weighted by molar-refractivity contribution is -0.116. The SMILES string of the molecule is C.O=C1CC(c2ccc(S(=O)(=O)[O-])cc2)=C2C(=O)NC(c3ccc(Cl)cc3)=C12. The fourth-order valence-corrected chi connectivity index (χ4v) is 3.88. The van der Waals surface area contributed by atoms with Crippen LogP contribution in [0.5, 0.6) is 0 Å². The third kappa shape index (κ3) is 3.28. The third-order valence-corrected chi connectivity index (χ3v) is 5.61. The van der Waals surface area contributed by atoms with E-state index in [4.69, 9.17) is 11.6 Å². The van der Waals surface area contributed by atoms with Gasteiger partial charge in [-0.15, -0.1) is 0 Å². The number of hydrogen-bond acceptors (Lipinski definition) is 5. The Morgan fingerprint density at radius 1 is 0.893 bits per heavy atom. The van der Waals surface area contributed by atoms with Gasteiger partial charge in [-0.05, 0) is 41.0 Å². The minimum atomic E-state index is -4.56. The number of Topliss-reactive ketones (excluding diaryl/α,β-unsaturated/α-hetero) is 1. The van der Waals surface area contributed by atoms with Gasteiger partial charge in [-0.25, -0.2) is 8.42 Å². The normalized spacial score (nSPS) is 16.2. The molecule has 0 fully saturated rings. The molecule has 0 atom stereocenters. The molecule has 1 N–H and O–H groups in total. The maximum atomic E-state index is 12.6. The number of carbonyl (C=O) groups is 2. The van der Waals surface area contributed by atoms with E-state index in [9.17, 15) is 22.6 Å². The van der Waals surface area contributed by atoms with E-state index in [1.54, 1.807) is 24.3 Å².